The molecule has 0 spiro atoms. The lowest BCUT2D eigenvalue weighted by Crippen LogP contribution is -2.36. The summed E-state index contributed by atoms with van der Waals surface area (Å²) in [6.07, 6.45) is 9.27. The molecule has 6 heteroatoms. The molecular weight excluding hydrogens is 320 g/mol. The largest absolute Gasteiger partial charge is 0.389 e. The van der Waals surface area contributed by atoms with Gasteiger partial charge in [-0.25, -0.2) is 0 Å². The first kappa shape index (κ1) is 17.2. The first-order chi connectivity index (χ1) is 11.6. The van der Waals surface area contributed by atoms with Crippen LogP contribution in [0, 0.1) is 5.92 Å². The van der Waals surface area contributed by atoms with E-state index in [0.29, 0.717) is 12.3 Å². The molecule has 1 aliphatic rings. The van der Waals surface area contributed by atoms with Crippen LogP contribution in [-0.4, -0.2) is 36.2 Å². The Morgan fingerprint density at radius 1 is 1.33 bits per heavy atom. The van der Waals surface area contributed by atoms with Crippen molar-refractivity contribution in [1.82, 2.24) is 19.7 Å². The summed E-state index contributed by atoms with van der Waals surface area (Å²) in [5, 5.41) is 20.3. The van der Waals surface area contributed by atoms with Crippen LogP contribution in [0.3, 0.4) is 0 Å². The summed E-state index contributed by atoms with van der Waals surface area (Å²) in [4.78, 5) is 4.05. The van der Waals surface area contributed by atoms with Crippen molar-refractivity contribution in [3.63, 3.8) is 0 Å². The predicted octanol–water partition coefficient (Wildman–Crippen LogP) is 3.56. The van der Waals surface area contributed by atoms with E-state index >= 15 is 0 Å². The maximum atomic E-state index is 10.8. The van der Waals surface area contributed by atoms with Gasteiger partial charge in [0, 0.05) is 30.3 Å². The molecule has 0 bridgehead atoms. The Labute approximate surface area is 147 Å². The molecule has 0 amide bonds. The first-order valence-electron chi connectivity index (χ1n) is 8.41. The highest BCUT2D eigenvalue weighted by molar-refractivity contribution is 7.99. The lowest BCUT2D eigenvalue weighted by atomic mass is 9.81. The van der Waals surface area contributed by atoms with Gasteiger partial charge in [0.15, 0.2) is 11.0 Å². The van der Waals surface area contributed by atoms with E-state index in [1.165, 1.54) is 0 Å². The standard InChI is InChI=1S/C18H24N4OS/c1-3-12-22-16(15-6-10-19-11-7-15)20-21-17(22)24-13-18(23)8-4-14(2)5-9-18/h3,6-7,10-11,14,23H,1,4-5,8-9,12-13H2,2H3. The van der Waals surface area contributed by atoms with Gasteiger partial charge in [0.1, 0.15) is 0 Å². The van der Waals surface area contributed by atoms with Crippen molar-refractivity contribution in [2.45, 2.75) is 49.9 Å². The van der Waals surface area contributed by atoms with Crippen LogP contribution in [-0.2, 0) is 6.54 Å². The van der Waals surface area contributed by atoms with Gasteiger partial charge >= 0.3 is 0 Å². The van der Waals surface area contributed by atoms with Gasteiger partial charge in [0.25, 0.3) is 0 Å². The Hall–Kier alpha value is -1.66. The summed E-state index contributed by atoms with van der Waals surface area (Å²) in [5.74, 6) is 2.19. The second-order valence-electron chi connectivity index (χ2n) is 6.64. The van der Waals surface area contributed by atoms with Crippen molar-refractivity contribution in [2.24, 2.45) is 5.92 Å². The fourth-order valence-electron chi connectivity index (χ4n) is 3.05. The van der Waals surface area contributed by atoms with Crippen molar-refractivity contribution < 1.29 is 5.11 Å². The summed E-state index contributed by atoms with van der Waals surface area (Å²) in [6.45, 7) is 6.74. The molecule has 24 heavy (non-hydrogen) atoms. The second kappa shape index (κ2) is 7.49. The topological polar surface area (TPSA) is 63.8 Å². The van der Waals surface area contributed by atoms with Gasteiger partial charge in [0.2, 0.25) is 0 Å². The summed E-state index contributed by atoms with van der Waals surface area (Å²) in [6, 6.07) is 3.85. The molecule has 2 aromatic rings. The maximum Gasteiger partial charge on any atom is 0.191 e. The first-order valence-corrected chi connectivity index (χ1v) is 9.39. The van der Waals surface area contributed by atoms with E-state index in [1.807, 2.05) is 22.8 Å². The SMILES string of the molecule is C=CCn1c(SCC2(O)CCC(C)CC2)nnc1-c1ccncc1. The number of pyridine rings is 1. The van der Waals surface area contributed by atoms with Crippen LogP contribution >= 0.6 is 11.8 Å². The number of aliphatic hydroxyl groups is 1. The molecule has 2 heterocycles. The van der Waals surface area contributed by atoms with Gasteiger partial charge in [-0.15, -0.1) is 16.8 Å². The van der Waals surface area contributed by atoms with Crippen molar-refractivity contribution >= 4 is 11.8 Å². The number of hydrogen-bond donors (Lipinski definition) is 1. The Bertz CT molecular complexity index is 678. The zero-order chi connectivity index (χ0) is 17.0. The average molecular weight is 344 g/mol. The van der Waals surface area contributed by atoms with Crippen molar-refractivity contribution in [1.29, 1.82) is 0 Å². The summed E-state index contributed by atoms with van der Waals surface area (Å²) < 4.78 is 2.04. The molecular formula is C18H24N4OS. The molecule has 0 unspecified atom stereocenters. The van der Waals surface area contributed by atoms with Gasteiger partial charge in [-0.05, 0) is 43.7 Å². The van der Waals surface area contributed by atoms with Crippen LogP contribution in [0.2, 0.25) is 0 Å². The van der Waals surface area contributed by atoms with E-state index in [4.69, 9.17) is 0 Å². The number of aromatic nitrogens is 4. The Kier molecular flexibility index (Phi) is 5.36. The number of allylic oxidation sites excluding steroid dienone is 1. The molecule has 1 fully saturated rings. The Balaban J connectivity index is 1.76. The quantitative estimate of drug-likeness (QED) is 0.641. The molecule has 2 aromatic heterocycles. The second-order valence-corrected chi connectivity index (χ2v) is 7.58. The molecule has 1 aliphatic carbocycles. The zero-order valence-corrected chi connectivity index (χ0v) is 14.9. The maximum absolute atomic E-state index is 10.8. The van der Waals surface area contributed by atoms with E-state index in [2.05, 4.69) is 28.7 Å². The van der Waals surface area contributed by atoms with Gasteiger partial charge < -0.3 is 5.11 Å². The van der Waals surface area contributed by atoms with E-state index in [0.717, 1.165) is 48.1 Å². The highest BCUT2D eigenvalue weighted by Gasteiger charge is 2.32. The van der Waals surface area contributed by atoms with Crippen LogP contribution < -0.4 is 0 Å². The smallest absolute Gasteiger partial charge is 0.191 e. The average Bonchev–Trinajstić information content (AvgIpc) is 3.00. The third-order valence-electron chi connectivity index (χ3n) is 4.64. The molecule has 0 radical (unpaired) electrons. The highest BCUT2D eigenvalue weighted by Crippen LogP contribution is 2.36. The molecule has 0 aliphatic heterocycles. The van der Waals surface area contributed by atoms with Gasteiger partial charge in [-0.2, -0.15) is 0 Å². The zero-order valence-electron chi connectivity index (χ0n) is 14.1. The molecule has 1 N–H and O–H groups in total. The minimum atomic E-state index is -0.584. The highest BCUT2D eigenvalue weighted by atomic mass is 32.2. The van der Waals surface area contributed by atoms with Crippen molar-refractivity contribution in [3.8, 4) is 11.4 Å². The fourth-order valence-corrected chi connectivity index (χ4v) is 4.15. The van der Waals surface area contributed by atoms with E-state index < -0.39 is 5.60 Å². The monoisotopic (exact) mass is 344 g/mol. The number of nitrogens with zero attached hydrogens (tertiary/aromatic N) is 4. The third-order valence-corrected chi connectivity index (χ3v) is 5.88. The fraction of sp³-hybridized carbons (Fsp3) is 0.500. The van der Waals surface area contributed by atoms with Crippen LogP contribution in [0.4, 0.5) is 0 Å². The molecule has 3 rings (SSSR count). The van der Waals surface area contributed by atoms with E-state index in [1.54, 1.807) is 24.2 Å². The number of rotatable bonds is 6. The summed E-state index contributed by atoms with van der Waals surface area (Å²) in [5.41, 5.74) is 0.398. The minimum Gasteiger partial charge on any atom is -0.389 e. The number of thioether (sulfide) groups is 1. The molecule has 0 aromatic carbocycles. The van der Waals surface area contributed by atoms with Gasteiger partial charge in [-0.3, -0.25) is 9.55 Å². The van der Waals surface area contributed by atoms with Crippen LogP contribution in [0.1, 0.15) is 32.6 Å². The van der Waals surface area contributed by atoms with Gasteiger partial charge in [0.05, 0.1) is 5.60 Å². The minimum absolute atomic E-state index is 0.584. The van der Waals surface area contributed by atoms with Crippen LogP contribution in [0.25, 0.3) is 11.4 Å². The predicted molar refractivity (Wildman–Crippen MR) is 96.8 cm³/mol. The molecule has 128 valence electrons. The molecule has 0 atom stereocenters. The lowest BCUT2D eigenvalue weighted by Gasteiger charge is -2.34. The third kappa shape index (κ3) is 3.87. The van der Waals surface area contributed by atoms with Crippen LogP contribution in [0.15, 0.2) is 42.3 Å². The van der Waals surface area contributed by atoms with E-state index in [9.17, 15) is 5.11 Å². The van der Waals surface area contributed by atoms with E-state index in [-0.39, 0.29) is 0 Å². The Morgan fingerprint density at radius 3 is 2.71 bits per heavy atom. The number of hydrogen-bond acceptors (Lipinski definition) is 5. The molecule has 5 nitrogen and oxygen atoms in total. The molecule has 1 saturated carbocycles. The summed E-state index contributed by atoms with van der Waals surface area (Å²) >= 11 is 1.59. The molecule has 0 saturated heterocycles. The van der Waals surface area contributed by atoms with Crippen LogP contribution in [0.5, 0.6) is 0 Å². The normalized spacial score (nSPS) is 24.0. The van der Waals surface area contributed by atoms with Gasteiger partial charge in [-0.1, -0.05) is 24.8 Å². The Morgan fingerprint density at radius 2 is 2.04 bits per heavy atom. The van der Waals surface area contributed by atoms with Crippen molar-refractivity contribution in [3.05, 3.63) is 37.2 Å². The lowest BCUT2D eigenvalue weighted by molar-refractivity contribution is 0.0149. The van der Waals surface area contributed by atoms with Crippen molar-refractivity contribution in [2.75, 3.05) is 5.75 Å². The summed E-state index contributed by atoms with van der Waals surface area (Å²) in [7, 11) is 0.